The Hall–Kier alpha value is -1.56. The number of ether oxygens (including phenoxy) is 3. The highest BCUT2D eigenvalue weighted by atomic mass is 16.6. The van der Waals surface area contributed by atoms with Crippen molar-refractivity contribution in [3.63, 3.8) is 0 Å². The van der Waals surface area contributed by atoms with E-state index < -0.39 is 17.4 Å². The Bertz CT molecular complexity index is 464. The van der Waals surface area contributed by atoms with Gasteiger partial charge in [-0.25, -0.2) is 4.79 Å². The Labute approximate surface area is 138 Å². The molecule has 1 fully saturated rings. The molecule has 0 radical (unpaired) electrons. The molecule has 6 nitrogen and oxygen atoms in total. The van der Waals surface area contributed by atoms with Gasteiger partial charge in [-0.3, -0.25) is 9.69 Å². The Morgan fingerprint density at radius 3 is 2.48 bits per heavy atom. The van der Waals surface area contributed by atoms with Crippen LogP contribution in [-0.4, -0.2) is 48.0 Å². The van der Waals surface area contributed by atoms with Gasteiger partial charge in [-0.1, -0.05) is 19.1 Å². The number of methoxy groups -OCH3 is 1. The van der Waals surface area contributed by atoms with E-state index in [-0.39, 0.29) is 17.9 Å². The van der Waals surface area contributed by atoms with Crippen LogP contribution in [0.5, 0.6) is 0 Å². The van der Waals surface area contributed by atoms with Crippen LogP contribution in [0.1, 0.15) is 48.0 Å². The first-order valence-electron chi connectivity index (χ1n) is 7.94. The van der Waals surface area contributed by atoms with Gasteiger partial charge in [0.05, 0.1) is 25.7 Å². The summed E-state index contributed by atoms with van der Waals surface area (Å²) in [6.45, 7) is 11.4. The Kier molecular flexibility index (Phi) is 6.22. The van der Waals surface area contributed by atoms with Gasteiger partial charge in [-0.2, -0.15) is 0 Å². The van der Waals surface area contributed by atoms with E-state index >= 15 is 0 Å². The summed E-state index contributed by atoms with van der Waals surface area (Å²) in [5.41, 5.74) is -1.34. The average Bonchev–Trinajstić information content (AvgIpc) is 2.72. The summed E-state index contributed by atoms with van der Waals surface area (Å²) in [7, 11) is 1.37. The second kappa shape index (κ2) is 7.34. The zero-order valence-electron chi connectivity index (χ0n) is 15.2. The van der Waals surface area contributed by atoms with Crippen LogP contribution >= 0.6 is 0 Å². The van der Waals surface area contributed by atoms with Crippen molar-refractivity contribution in [3.8, 4) is 0 Å². The van der Waals surface area contributed by atoms with E-state index in [0.29, 0.717) is 13.0 Å². The molecule has 6 heteroatoms. The molecule has 1 aliphatic rings. The molecule has 0 unspecified atom stereocenters. The van der Waals surface area contributed by atoms with Gasteiger partial charge >= 0.3 is 12.1 Å². The molecule has 0 saturated carbocycles. The third kappa shape index (κ3) is 5.23. The predicted molar refractivity (Wildman–Crippen MR) is 86.8 cm³/mol. The number of amides is 1. The van der Waals surface area contributed by atoms with Crippen molar-refractivity contribution < 1.29 is 23.8 Å². The average molecular weight is 327 g/mol. The maximum atomic E-state index is 12.5. The molecule has 1 aliphatic heterocycles. The highest BCUT2D eigenvalue weighted by Gasteiger charge is 2.44. The third-order valence-corrected chi connectivity index (χ3v) is 3.62. The summed E-state index contributed by atoms with van der Waals surface area (Å²) in [6.07, 6.45) is 3.80. The lowest BCUT2D eigenvalue weighted by molar-refractivity contribution is -0.143. The van der Waals surface area contributed by atoms with E-state index in [1.54, 1.807) is 11.0 Å². The van der Waals surface area contributed by atoms with Crippen LogP contribution in [0.15, 0.2) is 12.2 Å². The normalized spacial score (nSPS) is 22.2. The molecule has 0 aliphatic carbocycles. The fraction of sp³-hybridized carbons (Fsp3) is 0.765. The van der Waals surface area contributed by atoms with E-state index in [2.05, 4.69) is 0 Å². The number of esters is 1. The molecule has 0 aromatic heterocycles. The lowest BCUT2D eigenvalue weighted by atomic mass is 10.0. The van der Waals surface area contributed by atoms with Gasteiger partial charge in [0.25, 0.3) is 0 Å². The first kappa shape index (κ1) is 19.5. The molecule has 23 heavy (non-hydrogen) atoms. The summed E-state index contributed by atoms with van der Waals surface area (Å²) < 4.78 is 16.0. The zero-order valence-corrected chi connectivity index (χ0v) is 15.2. The van der Waals surface area contributed by atoms with Crippen molar-refractivity contribution in [1.29, 1.82) is 0 Å². The fourth-order valence-electron chi connectivity index (χ4n) is 2.44. The van der Waals surface area contributed by atoms with Crippen LogP contribution in [0.2, 0.25) is 0 Å². The summed E-state index contributed by atoms with van der Waals surface area (Å²) in [6, 6.07) is -0.279. The number of hydrogen-bond acceptors (Lipinski definition) is 5. The van der Waals surface area contributed by atoms with Crippen LogP contribution in [0.25, 0.3) is 0 Å². The first-order chi connectivity index (χ1) is 10.5. The van der Waals surface area contributed by atoms with Crippen molar-refractivity contribution in [3.05, 3.63) is 12.2 Å². The van der Waals surface area contributed by atoms with Crippen LogP contribution in [0.3, 0.4) is 0 Å². The predicted octanol–water partition coefficient (Wildman–Crippen LogP) is 3.11. The molecular formula is C17H29NO5. The van der Waals surface area contributed by atoms with Crippen molar-refractivity contribution >= 4 is 12.1 Å². The van der Waals surface area contributed by atoms with Crippen LogP contribution < -0.4 is 0 Å². The summed E-state index contributed by atoms with van der Waals surface area (Å²) in [5.74, 6) is -0.616. The first-order valence-corrected chi connectivity index (χ1v) is 7.94. The second-order valence-electron chi connectivity index (χ2n) is 7.10. The molecule has 1 rings (SSSR count). The van der Waals surface area contributed by atoms with Gasteiger partial charge in [-0.05, 0) is 41.0 Å². The summed E-state index contributed by atoms with van der Waals surface area (Å²) in [4.78, 5) is 25.7. The molecule has 0 N–H and O–H groups in total. The molecule has 0 aromatic rings. The minimum Gasteiger partial charge on any atom is -0.469 e. The molecule has 0 bridgehead atoms. The fourth-order valence-corrected chi connectivity index (χ4v) is 2.44. The Morgan fingerprint density at radius 1 is 1.39 bits per heavy atom. The number of nitrogens with zero attached hydrogens (tertiary/aromatic N) is 1. The van der Waals surface area contributed by atoms with Crippen molar-refractivity contribution in [2.24, 2.45) is 5.92 Å². The van der Waals surface area contributed by atoms with Gasteiger partial charge in [0, 0.05) is 0 Å². The monoisotopic (exact) mass is 327 g/mol. The SMILES string of the molecule is CC[C@H](/C=C/[C@@H]1COC(C)(C)N1C(=O)OC(C)(C)C)C(=O)OC. The van der Waals surface area contributed by atoms with E-state index in [4.69, 9.17) is 14.2 Å². The van der Waals surface area contributed by atoms with Crippen LogP contribution in [-0.2, 0) is 19.0 Å². The van der Waals surface area contributed by atoms with E-state index in [9.17, 15) is 9.59 Å². The number of carbonyl (C=O) groups is 2. The molecular weight excluding hydrogens is 298 g/mol. The van der Waals surface area contributed by atoms with Crippen LogP contribution in [0, 0.1) is 5.92 Å². The van der Waals surface area contributed by atoms with E-state index in [1.165, 1.54) is 7.11 Å². The van der Waals surface area contributed by atoms with Crippen molar-refractivity contribution in [1.82, 2.24) is 4.90 Å². The lowest BCUT2D eigenvalue weighted by Gasteiger charge is -2.34. The molecule has 132 valence electrons. The van der Waals surface area contributed by atoms with Gasteiger partial charge in [-0.15, -0.1) is 0 Å². The lowest BCUT2D eigenvalue weighted by Crippen LogP contribution is -2.49. The molecule has 2 atom stereocenters. The molecule has 1 amide bonds. The van der Waals surface area contributed by atoms with Gasteiger partial charge in [0.15, 0.2) is 0 Å². The topological polar surface area (TPSA) is 65.1 Å². The Morgan fingerprint density at radius 2 is 2.00 bits per heavy atom. The molecule has 1 saturated heterocycles. The maximum absolute atomic E-state index is 12.5. The highest BCUT2D eigenvalue weighted by molar-refractivity contribution is 5.74. The number of carbonyl (C=O) groups excluding carboxylic acids is 2. The minimum atomic E-state index is -0.760. The second-order valence-corrected chi connectivity index (χ2v) is 7.10. The van der Waals surface area contributed by atoms with Gasteiger partial charge in [0.2, 0.25) is 0 Å². The number of hydrogen-bond donors (Lipinski definition) is 0. The van der Waals surface area contributed by atoms with E-state index in [0.717, 1.165) is 0 Å². The molecule has 0 spiro atoms. The standard InChI is InChI=1S/C17H29NO5/c1-8-12(14(19)21-7)9-10-13-11-22-17(5,6)18(13)15(20)23-16(2,3)4/h9-10,12-13H,8,11H2,1-7H3/b10-9+/t12-,13-/m1/s1. The minimum absolute atomic E-state index is 0.279. The molecule has 1 heterocycles. The zero-order chi connectivity index (χ0) is 17.8. The number of rotatable bonds is 4. The van der Waals surface area contributed by atoms with Crippen molar-refractivity contribution in [2.45, 2.75) is 65.3 Å². The molecule has 0 aromatic carbocycles. The highest BCUT2D eigenvalue weighted by Crippen LogP contribution is 2.30. The third-order valence-electron chi connectivity index (χ3n) is 3.62. The largest absolute Gasteiger partial charge is 0.469 e. The van der Waals surface area contributed by atoms with E-state index in [1.807, 2.05) is 47.6 Å². The smallest absolute Gasteiger partial charge is 0.413 e. The van der Waals surface area contributed by atoms with Crippen LogP contribution in [0.4, 0.5) is 4.79 Å². The maximum Gasteiger partial charge on any atom is 0.413 e. The summed E-state index contributed by atoms with van der Waals surface area (Å²) >= 11 is 0. The van der Waals surface area contributed by atoms with Gasteiger partial charge in [0.1, 0.15) is 11.3 Å². The summed E-state index contributed by atoms with van der Waals surface area (Å²) in [5, 5.41) is 0. The van der Waals surface area contributed by atoms with Crippen molar-refractivity contribution in [2.75, 3.05) is 13.7 Å². The Balaban J connectivity index is 2.92. The quantitative estimate of drug-likeness (QED) is 0.586. The van der Waals surface area contributed by atoms with Gasteiger partial charge < -0.3 is 14.2 Å².